The van der Waals surface area contributed by atoms with Crippen LogP contribution in [0.25, 0.3) is 0 Å². The van der Waals surface area contributed by atoms with Gasteiger partial charge in [-0.25, -0.2) is 0 Å². The number of hydrogen-bond acceptors (Lipinski definition) is 2. The molecule has 0 saturated carbocycles. The highest BCUT2D eigenvalue weighted by Gasteiger charge is 2.01. The Bertz CT molecular complexity index is 283. The van der Waals surface area contributed by atoms with Crippen LogP contribution in [-0.2, 0) is 13.1 Å². The minimum absolute atomic E-state index is 0.157. The second kappa shape index (κ2) is 7.47. The molecule has 0 aliphatic rings. The van der Waals surface area contributed by atoms with Crippen molar-refractivity contribution in [2.45, 2.75) is 52.3 Å². The van der Waals surface area contributed by atoms with Gasteiger partial charge in [0.25, 0.3) is 0 Å². The van der Waals surface area contributed by atoms with Crippen molar-refractivity contribution in [1.82, 2.24) is 9.88 Å². The molecule has 16 heavy (non-hydrogen) atoms. The predicted molar refractivity (Wildman–Crippen MR) is 67.3 cm³/mol. The summed E-state index contributed by atoms with van der Waals surface area (Å²) in [5, 5.41) is 12.8. The van der Waals surface area contributed by atoms with E-state index >= 15 is 0 Å². The van der Waals surface area contributed by atoms with Crippen LogP contribution in [0.5, 0.6) is 0 Å². The van der Waals surface area contributed by atoms with Gasteiger partial charge in [-0.05, 0) is 37.9 Å². The third kappa shape index (κ3) is 4.37. The van der Waals surface area contributed by atoms with Crippen LogP contribution in [0.2, 0.25) is 0 Å². The number of aliphatic hydroxyl groups is 1. The standard InChI is InChI=1S/C13H24N2O/c1-3-9-15-10-5-6-12(15)11-14-8-7-13(16)4-2/h5-6,10,13-14,16H,3-4,7-9,11H2,1-2H3. The second-order valence-electron chi connectivity index (χ2n) is 4.22. The SMILES string of the molecule is CCCn1cccc1CNCCC(O)CC. The van der Waals surface area contributed by atoms with Gasteiger partial charge in [0.2, 0.25) is 0 Å². The topological polar surface area (TPSA) is 37.2 Å². The first-order valence-corrected chi connectivity index (χ1v) is 6.30. The number of aromatic nitrogens is 1. The predicted octanol–water partition coefficient (Wildman–Crippen LogP) is 2.15. The third-order valence-corrected chi connectivity index (χ3v) is 2.82. The van der Waals surface area contributed by atoms with Crippen molar-refractivity contribution in [2.75, 3.05) is 6.54 Å². The van der Waals surface area contributed by atoms with Crippen molar-refractivity contribution < 1.29 is 5.11 Å². The average Bonchev–Trinajstić information content (AvgIpc) is 2.72. The number of nitrogens with one attached hydrogen (secondary N) is 1. The lowest BCUT2D eigenvalue weighted by molar-refractivity contribution is 0.159. The smallest absolute Gasteiger partial charge is 0.0549 e. The van der Waals surface area contributed by atoms with Gasteiger partial charge in [-0.3, -0.25) is 0 Å². The lowest BCUT2D eigenvalue weighted by atomic mass is 10.2. The van der Waals surface area contributed by atoms with Crippen molar-refractivity contribution in [3.05, 3.63) is 24.0 Å². The van der Waals surface area contributed by atoms with E-state index in [4.69, 9.17) is 0 Å². The minimum atomic E-state index is -0.157. The quantitative estimate of drug-likeness (QED) is 0.664. The zero-order chi connectivity index (χ0) is 11.8. The summed E-state index contributed by atoms with van der Waals surface area (Å²) in [6, 6.07) is 4.24. The average molecular weight is 224 g/mol. The maximum atomic E-state index is 9.41. The normalized spacial score (nSPS) is 12.9. The second-order valence-corrected chi connectivity index (χ2v) is 4.22. The number of aryl methyl sites for hydroxylation is 1. The highest BCUT2D eigenvalue weighted by Crippen LogP contribution is 2.03. The van der Waals surface area contributed by atoms with E-state index in [-0.39, 0.29) is 6.10 Å². The summed E-state index contributed by atoms with van der Waals surface area (Å²) in [7, 11) is 0. The highest BCUT2D eigenvalue weighted by molar-refractivity contribution is 5.06. The molecule has 0 aliphatic heterocycles. The summed E-state index contributed by atoms with van der Waals surface area (Å²) < 4.78 is 2.28. The Kier molecular flexibility index (Phi) is 6.19. The maximum Gasteiger partial charge on any atom is 0.0549 e. The van der Waals surface area contributed by atoms with Crippen LogP contribution in [0.4, 0.5) is 0 Å². The van der Waals surface area contributed by atoms with Gasteiger partial charge in [-0.1, -0.05) is 13.8 Å². The molecule has 2 N–H and O–H groups in total. The van der Waals surface area contributed by atoms with E-state index in [1.165, 1.54) is 5.69 Å². The molecule has 3 heteroatoms. The minimum Gasteiger partial charge on any atom is -0.393 e. The van der Waals surface area contributed by atoms with Gasteiger partial charge >= 0.3 is 0 Å². The summed E-state index contributed by atoms with van der Waals surface area (Å²) in [6.45, 7) is 7.06. The molecule has 0 bridgehead atoms. The van der Waals surface area contributed by atoms with Gasteiger partial charge in [-0.2, -0.15) is 0 Å². The number of rotatable bonds is 8. The Morgan fingerprint density at radius 1 is 1.44 bits per heavy atom. The summed E-state index contributed by atoms with van der Waals surface area (Å²) in [5.41, 5.74) is 1.33. The van der Waals surface area contributed by atoms with E-state index in [9.17, 15) is 5.11 Å². The molecule has 0 aliphatic carbocycles. The van der Waals surface area contributed by atoms with Crippen LogP contribution in [-0.4, -0.2) is 22.3 Å². The van der Waals surface area contributed by atoms with Gasteiger partial charge in [0.15, 0.2) is 0 Å². The van der Waals surface area contributed by atoms with Gasteiger partial charge in [0, 0.05) is 25.0 Å². The molecule has 0 aromatic carbocycles. The molecule has 0 fully saturated rings. The summed E-state index contributed by atoms with van der Waals surface area (Å²) in [4.78, 5) is 0. The maximum absolute atomic E-state index is 9.41. The Morgan fingerprint density at radius 3 is 2.94 bits per heavy atom. The highest BCUT2D eigenvalue weighted by atomic mass is 16.3. The summed E-state index contributed by atoms with van der Waals surface area (Å²) in [5.74, 6) is 0. The molecule has 92 valence electrons. The zero-order valence-electron chi connectivity index (χ0n) is 10.4. The molecule has 1 heterocycles. The zero-order valence-corrected chi connectivity index (χ0v) is 10.4. The van der Waals surface area contributed by atoms with Gasteiger partial charge in [0.1, 0.15) is 0 Å². The molecule has 3 nitrogen and oxygen atoms in total. The van der Waals surface area contributed by atoms with Crippen LogP contribution in [0.15, 0.2) is 18.3 Å². The van der Waals surface area contributed by atoms with Crippen molar-refractivity contribution in [2.24, 2.45) is 0 Å². The van der Waals surface area contributed by atoms with Gasteiger partial charge in [0.05, 0.1) is 6.10 Å². The molecular formula is C13H24N2O. The van der Waals surface area contributed by atoms with Crippen molar-refractivity contribution in [3.8, 4) is 0 Å². The number of nitrogens with zero attached hydrogens (tertiary/aromatic N) is 1. The summed E-state index contributed by atoms with van der Waals surface area (Å²) >= 11 is 0. The molecule has 1 aromatic rings. The van der Waals surface area contributed by atoms with Crippen LogP contribution in [0.3, 0.4) is 0 Å². The Hall–Kier alpha value is -0.800. The largest absolute Gasteiger partial charge is 0.393 e. The first-order chi connectivity index (χ1) is 7.77. The fraction of sp³-hybridized carbons (Fsp3) is 0.692. The Labute approximate surface area is 98.5 Å². The fourth-order valence-corrected chi connectivity index (χ4v) is 1.76. The van der Waals surface area contributed by atoms with Gasteiger partial charge < -0.3 is 15.0 Å². The first-order valence-electron chi connectivity index (χ1n) is 6.30. The van der Waals surface area contributed by atoms with Crippen LogP contribution < -0.4 is 5.32 Å². The van der Waals surface area contributed by atoms with Crippen LogP contribution in [0, 0.1) is 0 Å². The summed E-state index contributed by atoms with van der Waals surface area (Å²) in [6.07, 6.45) is 4.81. The van der Waals surface area contributed by atoms with Gasteiger partial charge in [-0.15, -0.1) is 0 Å². The first kappa shape index (κ1) is 13.3. The molecule has 1 rings (SSSR count). The molecule has 1 unspecified atom stereocenters. The van der Waals surface area contributed by atoms with E-state index in [2.05, 4.69) is 35.1 Å². The molecule has 0 spiro atoms. The molecular weight excluding hydrogens is 200 g/mol. The third-order valence-electron chi connectivity index (χ3n) is 2.82. The van der Waals surface area contributed by atoms with E-state index in [0.29, 0.717) is 0 Å². The van der Waals surface area contributed by atoms with Crippen molar-refractivity contribution in [1.29, 1.82) is 0 Å². The van der Waals surface area contributed by atoms with E-state index in [1.54, 1.807) is 0 Å². The van der Waals surface area contributed by atoms with Crippen LogP contribution in [0.1, 0.15) is 38.8 Å². The van der Waals surface area contributed by atoms with Crippen molar-refractivity contribution in [3.63, 3.8) is 0 Å². The van der Waals surface area contributed by atoms with E-state index < -0.39 is 0 Å². The number of hydrogen-bond donors (Lipinski definition) is 2. The fourth-order valence-electron chi connectivity index (χ4n) is 1.76. The molecule has 1 atom stereocenters. The molecule has 0 amide bonds. The lowest BCUT2D eigenvalue weighted by Crippen LogP contribution is -2.21. The molecule has 0 saturated heterocycles. The monoisotopic (exact) mass is 224 g/mol. The molecule has 0 radical (unpaired) electrons. The van der Waals surface area contributed by atoms with Crippen LogP contribution >= 0.6 is 0 Å². The lowest BCUT2D eigenvalue weighted by Gasteiger charge is -2.11. The Balaban J connectivity index is 2.23. The number of aliphatic hydroxyl groups excluding tert-OH is 1. The van der Waals surface area contributed by atoms with E-state index in [0.717, 1.165) is 38.9 Å². The van der Waals surface area contributed by atoms with Crippen molar-refractivity contribution >= 4 is 0 Å². The Morgan fingerprint density at radius 2 is 2.25 bits per heavy atom. The van der Waals surface area contributed by atoms with E-state index in [1.807, 2.05) is 6.92 Å². The molecule has 1 aromatic heterocycles.